The molecule has 5 nitrogen and oxygen atoms in total. The highest BCUT2D eigenvalue weighted by molar-refractivity contribution is 6.33. The normalized spacial score (nSPS) is 23.8. The Labute approximate surface area is 219 Å². The van der Waals surface area contributed by atoms with E-state index in [0.29, 0.717) is 16.0 Å². The van der Waals surface area contributed by atoms with Crippen LogP contribution in [0.4, 0.5) is 0 Å². The van der Waals surface area contributed by atoms with Crippen LogP contribution in [0, 0.1) is 5.41 Å². The van der Waals surface area contributed by atoms with Crippen LogP contribution in [-0.2, 0) is 6.42 Å². The molecule has 1 unspecified atom stereocenters. The van der Waals surface area contributed by atoms with Gasteiger partial charge in [0.2, 0.25) is 0 Å². The summed E-state index contributed by atoms with van der Waals surface area (Å²) in [5.74, 6) is -0.0367. The van der Waals surface area contributed by atoms with Gasteiger partial charge in [-0.1, -0.05) is 29.8 Å². The van der Waals surface area contributed by atoms with Crippen molar-refractivity contribution in [3.8, 4) is 0 Å². The van der Waals surface area contributed by atoms with Crippen LogP contribution in [0.15, 0.2) is 42.5 Å². The molecule has 4 aliphatic rings. The number of halogens is 1. The van der Waals surface area contributed by atoms with E-state index >= 15 is 0 Å². The third-order valence-corrected chi connectivity index (χ3v) is 9.76. The summed E-state index contributed by atoms with van der Waals surface area (Å²) >= 11 is 6.23. The van der Waals surface area contributed by atoms with Gasteiger partial charge in [0, 0.05) is 24.7 Å². The fourth-order valence-corrected chi connectivity index (χ4v) is 7.14. The zero-order valence-corrected chi connectivity index (χ0v) is 21.7. The van der Waals surface area contributed by atoms with Crippen LogP contribution in [0.3, 0.4) is 0 Å². The van der Waals surface area contributed by atoms with Gasteiger partial charge in [-0.3, -0.25) is 9.59 Å². The SMILES string of the molecule is O=C(NC1CCc2ccc(C(=O)N3CCC4(CCC(N5CCC5)CC4)CC3)cc21)c1ccccc1Cl. The average Bonchev–Trinajstić information content (AvgIpc) is 3.26. The van der Waals surface area contributed by atoms with E-state index in [1.54, 1.807) is 12.1 Å². The van der Waals surface area contributed by atoms with Crippen LogP contribution < -0.4 is 5.32 Å². The fraction of sp³-hybridized carbons (Fsp3) is 0.533. The molecule has 6 heteroatoms. The zero-order chi connectivity index (χ0) is 24.7. The molecule has 2 aromatic rings. The Morgan fingerprint density at radius 2 is 1.67 bits per heavy atom. The van der Waals surface area contributed by atoms with Crippen LogP contribution >= 0.6 is 11.6 Å². The number of carbonyl (C=O) groups is 2. The van der Waals surface area contributed by atoms with Crippen LogP contribution in [0.2, 0.25) is 5.02 Å². The summed E-state index contributed by atoms with van der Waals surface area (Å²) < 4.78 is 0. The van der Waals surface area contributed by atoms with Gasteiger partial charge >= 0.3 is 0 Å². The molecule has 2 aliphatic carbocycles. The second-order valence-corrected chi connectivity index (χ2v) is 11.8. The number of hydrogen-bond donors (Lipinski definition) is 1. The number of fused-ring (bicyclic) bond motifs is 1. The Hall–Kier alpha value is -2.37. The number of nitrogens with zero attached hydrogens (tertiary/aromatic N) is 2. The zero-order valence-electron chi connectivity index (χ0n) is 21.0. The Balaban J connectivity index is 1.08. The summed E-state index contributed by atoms with van der Waals surface area (Å²) in [7, 11) is 0. The van der Waals surface area contributed by atoms with Gasteiger partial charge in [-0.25, -0.2) is 0 Å². The van der Waals surface area contributed by atoms with Crippen molar-refractivity contribution in [3.63, 3.8) is 0 Å². The Kier molecular flexibility index (Phi) is 6.55. The second-order valence-electron chi connectivity index (χ2n) is 11.4. The maximum absolute atomic E-state index is 13.5. The summed E-state index contributed by atoms with van der Waals surface area (Å²) in [5, 5.41) is 3.60. The van der Waals surface area contributed by atoms with Crippen molar-refractivity contribution in [2.75, 3.05) is 26.2 Å². The molecule has 6 rings (SSSR count). The molecule has 1 N–H and O–H groups in total. The van der Waals surface area contributed by atoms with Crippen LogP contribution in [-0.4, -0.2) is 53.8 Å². The molecule has 0 bridgehead atoms. The molecule has 2 heterocycles. The number of likely N-dealkylation sites (tertiary alicyclic amines) is 2. The largest absolute Gasteiger partial charge is 0.345 e. The molecule has 3 fully saturated rings. The number of aryl methyl sites for hydroxylation is 1. The van der Waals surface area contributed by atoms with E-state index in [0.717, 1.165) is 55.9 Å². The molecule has 1 saturated carbocycles. The monoisotopic (exact) mass is 505 g/mol. The van der Waals surface area contributed by atoms with Crippen molar-refractivity contribution in [2.24, 2.45) is 5.41 Å². The van der Waals surface area contributed by atoms with E-state index < -0.39 is 0 Å². The average molecular weight is 506 g/mol. The van der Waals surface area contributed by atoms with Gasteiger partial charge in [-0.2, -0.15) is 0 Å². The first kappa shape index (κ1) is 24.0. The maximum Gasteiger partial charge on any atom is 0.253 e. The molecule has 2 amide bonds. The molecule has 36 heavy (non-hydrogen) atoms. The first-order valence-corrected chi connectivity index (χ1v) is 14.1. The van der Waals surface area contributed by atoms with E-state index in [4.69, 9.17) is 11.6 Å². The number of carbonyl (C=O) groups excluding carboxylic acids is 2. The van der Waals surface area contributed by atoms with Crippen molar-refractivity contribution < 1.29 is 9.59 Å². The molecule has 2 aliphatic heterocycles. The molecular formula is C30H36ClN3O2. The summed E-state index contributed by atoms with van der Waals surface area (Å²) in [6.07, 6.45) is 10.7. The van der Waals surface area contributed by atoms with Crippen molar-refractivity contribution >= 4 is 23.4 Å². The number of hydrogen-bond acceptors (Lipinski definition) is 3. The third-order valence-electron chi connectivity index (χ3n) is 9.43. The first-order valence-electron chi connectivity index (χ1n) is 13.7. The van der Waals surface area contributed by atoms with Gasteiger partial charge in [0.15, 0.2) is 0 Å². The second kappa shape index (κ2) is 9.83. The van der Waals surface area contributed by atoms with Crippen molar-refractivity contribution in [1.29, 1.82) is 0 Å². The molecule has 2 saturated heterocycles. The third kappa shape index (κ3) is 4.56. The van der Waals surface area contributed by atoms with Gasteiger partial charge in [0.25, 0.3) is 11.8 Å². The minimum Gasteiger partial charge on any atom is -0.345 e. The number of benzene rings is 2. The summed E-state index contributed by atoms with van der Waals surface area (Å²) in [4.78, 5) is 31.0. The van der Waals surface area contributed by atoms with Crippen LogP contribution in [0.1, 0.15) is 89.3 Å². The quantitative estimate of drug-likeness (QED) is 0.586. The van der Waals surface area contributed by atoms with E-state index in [2.05, 4.69) is 21.2 Å². The van der Waals surface area contributed by atoms with Crippen molar-refractivity contribution in [1.82, 2.24) is 15.1 Å². The lowest BCUT2D eigenvalue weighted by Crippen LogP contribution is -2.50. The lowest BCUT2D eigenvalue weighted by Gasteiger charge is -2.49. The minimum atomic E-state index is -0.166. The van der Waals surface area contributed by atoms with Crippen LogP contribution in [0.25, 0.3) is 0 Å². The number of piperidine rings is 1. The lowest BCUT2D eigenvalue weighted by molar-refractivity contribution is 0.0147. The molecule has 1 spiro atoms. The van der Waals surface area contributed by atoms with Crippen molar-refractivity contribution in [2.45, 2.75) is 69.9 Å². The predicted molar refractivity (Wildman–Crippen MR) is 142 cm³/mol. The Morgan fingerprint density at radius 1 is 0.917 bits per heavy atom. The van der Waals surface area contributed by atoms with Gasteiger partial charge < -0.3 is 15.1 Å². The van der Waals surface area contributed by atoms with E-state index in [1.807, 2.05) is 24.3 Å². The van der Waals surface area contributed by atoms with Crippen molar-refractivity contribution in [3.05, 3.63) is 69.7 Å². The summed E-state index contributed by atoms with van der Waals surface area (Å²) in [5.41, 5.74) is 3.96. The highest BCUT2D eigenvalue weighted by Gasteiger charge is 2.41. The number of rotatable bonds is 4. The lowest BCUT2D eigenvalue weighted by atomic mass is 9.66. The smallest absolute Gasteiger partial charge is 0.253 e. The van der Waals surface area contributed by atoms with Gasteiger partial charge in [-0.15, -0.1) is 0 Å². The first-order chi connectivity index (χ1) is 17.5. The maximum atomic E-state index is 13.5. The Morgan fingerprint density at radius 3 is 2.36 bits per heavy atom. The highest BCUT2D eigenvalue weighted by atomic mass is 35.5. The molecule has 2 aromatic carbocycles. The molecule has 1 atom stereocenters. The standard InChI is InChI=1S/C30H36ClN3O2/c31-26-5-2-1-4-24(26)28(35)32-27-9-8-21-6-7-22(20-25(21)27)29(36)34-18-14-30(15-19-34)12-10-23(11-13-30)33-16-3-17-33/h1-2,4-7,20,23,27H,3,8-19H2,(H,32,35). The summed E-state index contributed by atoms with van der Waals surface area (Å²) in [6.45, 7) is 4.31. The number of nitrogens with one attached hydrogen (secondary N) is 1. The highest BCUT2D eigenvalue weighted by Crippen LogP contribution is 2.46. The van der Waals surface area contributed by atoms with E-state index in [1.165, 1.54) is 50.8 Å². The fourth-order valence-electron chi connectivity index (χ4n) is 6.92. The van der Waals surface area contributed by atoms with Gasteiger partial charge in [0.1, 0.15) is 0 Å². The molecule has 190 valence electrons. The van der Waals surface area contributed by atoms with Gasteiger partial charge in [-0.05, 0) is 112 Å². The Bertz CT molecular complexity index is 1140. The molecular weight excluding hydrogens is 470 g/mol. The summed E-state index contributed by atoms with van der Waals surface area (Å²) in [6, 6.07) is 13.9. The number of amides is 2. The van der Waals surface area contributed by atoms with E-state index in [-0.39, 0.29) is 17.9 Å². The predicted octanol–water partition coefficient (Wildman–Crippen LogP) is 5.63. The van der Waals surface area contributed by atoms with E-state index in [9.17, 15) is 9.59 Å². The molecule has 0 radical (unpaired) electrons. The van der Waals surface area contributed by atoms with Crippen LogP contribution in [0.5, 0.6) is 0 Å². The molecule has 0 aromatic heterocycles. The topological polar surface area (TPSA) is 52.7 Å². The van der Waals surface area contributed by atoms with Gasteiger partial charge in [0.05, 0.1) is 16.6 Å². The minimum absolute atomic E-state index is 0.0947.